The number of aryl methyl sites for hydroxylation is 3. The predicted molar refractivity (Wildman–Crippen MR) is 126 cm³/mol. The van der Waals surface area contributed by atoms with Gasteiger partial charge in [0, 0.05) is 11.3 Å². The topological polar surface area (TPSA) is 91.4 Å². The van der Waals surface area contributed by atoms with Gasteiger partial charge < -0.3 is 10.6 Å². The molecule has 2 aromatic carbocycles. The number of benzene rings is 2. The number of nitrogens with zero attached hydrogens (tertiary/aromatic N) is 2. The molecule has 2 N–H and O–H groups in total. The zero-order chi connectivity index (χ0) is 23.2. The van der Waals surface area contributed by atoms with Crippen molar-refractivity contribution in [3.05, 3.63) is 81.4 Å². The molecular weight excluding hydrogens is 436 g/mol. The second kappa shape index (κ2) is 8.12. The van der Waals surface area contributed by atoms with Crippen LogP contribution in [0.5, 0.6) is 0 Å². The molecule has 2 aliphatic rings. The predicted octanol–water partition coefficient (Wildman–Crippen LogP) is 3.68. The highest BCUT2D eigenvalue weighted by Crippen LogP contribution is 2.41. The lowest BCUT2D eigenvalue weighted by molar-refractivity contribution is -0.134. The molecule has 1 aliphatic heterocycles. The lowest BCUT2D eigenvalue weighted by Crippen LogP contribution is -2.42. The molecular formula is C25H24N4O3S. The lowest BCUT2D eigenvalue weighted by Gasteiger charge is -2.22. The maximum Gasteiger partial charge on any atom is 0.325 e. The van der Waals surface area contributed by atoms with Gasteiger partial charge in [-0.25, -0.2) is 9.78 Å². The number of amides is 4. The third-order valence-electron chi connectivity index (χ3n) is 6.35. The number of thiazole rings is 1. The summed E-state index contributed by atoms with van der Waals surface area (Å²) in [6.45, 7) is 3.61. The van der Waals surface area contributed by atoms with Gasteiger partial charge in [0.05, 0.1) is 5.69 Å². The highest BCUT2D eigenvalue weighted by molar-refractivity contribution is 7.15. The van der Waals surface area contributed by atoms with Crippen molar-refractivity contribution in [2.45, 2.75) is 38.6 Å². The quantitative estimate of drug-likeness (QED) is 0.568. The molecule has 2 heterocycles. The zero-order valence-electron chi connectivity index (χ0n) is 18.5. The number of carbonyl (C=O) groups is 3. The standard InChI is InChI=1S/C25H24N4O3S/c1-15-7-9-17(10-8-15)13-20-16(2)26-23(33-20)27-21(30)14-29-22(31)25(28-24(29)32)12-11-18-5-3-4-6-19(18)25/h3-10H,11-14H2,1-2H3,(H,28,32)(H,26,27,30). The average Bonchev–Trinajstić information content (AvgIpc) is 3.40. The van der Waals surface area contributed by atoms with E-state index in [9.17, 15) is 14.4 Å². The van der Waals surface area contributed by atoms with Crippen LogP contribution in [0.1, 0.15) is 39.2 Å². The molecule has 3 aromatic rings. The number of hydrogen-bond acceptors (Lipinski definition) is 5. The van der Waals surface area contributed by atoms with Gasteiger partial charge in [-0.1, -0.05) is 54.1 Å². The molecule has 1 fully saturated rings. The Morgan fingerprint density at radius 3 is 2.70 bits per heavy atom. The minimum atomic E-state index is -1.06. The largest absolute Gasteiger partial charge is 0.325 e. The van der Waals surface area contributed by atoms with Crippen LogP contribution in [0, 0.1) is 13.8 Å². The van der Waals surface area contributed by atoms with E-state index in [-0.39, 0.29) is 12.5 Å². The third kappa shape index (κ3) is 3.80. The van der Waals surface area contributed by atoms with E-state index in [2.05, 4.69) is 39.9 Å². The number of carbonyl (C=O) groups excluding carboxylic acids is 3. The molecule has 168 valence electrons. The summed E-state index contributed by atoms with van der Waals surface area (Å²) in [7, 11) is 0. The van der Waals surface area contributed by atoms with Gasteiger partial charge in [0.25, 0.3) is 5.91 Å². The minimum absolute atomic E-state index is 0.347. The molecule has 1 aliphatic carbocycles. The summed E-state index contributed by atoms with van der Waals surface area (Å²) < 4.78 is 0. The van der Waals surface area contributed by atoms with Gasteiger partial charge in [-0.3, -0.25) is 14.5 Å². The molecule has 1 unspecified atom stereocenters. The van der Waals surface area contributed by atoms with E-state index in [0.29, 0.717) is 18.0 Å². The fourth-order valence-corrected chi connectivity index (χ4v) is 5.59. The Hall–Kier alpha value is -3.52. The SMILES string of the molecule is Cc1ccc(Cc2sc(NC(=O)CN3C(=O)NC4(CCc5ccccc54)C3=O)nc2C)cc1. The Labute approximate surface area is 195 Å². The van der Waals surface area contributed by atoms with Crippen LogP contribution in [0.2, 0.25) is 0 Å². The third-order valence-corrected chi connectivity index (χ3v) is 7.42. The highest BCUT2D eigenvalue weighted by Gasteiger charge is 2.55. The number of fused-ring (bicyclic) bond motifs is 2. The number of urea groups is 1. The number of imide groups is 1. The molecule has 1 aromatic heterocycles. The van der Waals surface area contributed by atoms with Crippen LogP contribution in [0.4, 0.5) is 9.93 Å². The van der Waals surface area contributed by atoms with Crippen LogP contribution >= 0.6 is 11.3 Å². The summed E-state index contributed by atoms with van der Waals surface area (Å²) in [4.78, 5) is 45.1. The van der Waals surface area contributed by atoms with Crippen molar-refractivity contribution < 1.29 is 14.4 Å². The van der Waals surface area contributed by atoms with Crippen LogP contribution in [0.25, 0.3) is 0 Å². The van der Waals surface area contributed by atoms with Crippen molar-refractivity contribution in [2.24, 2.45) is 0 Å². The molecule has 5 rings (SSSR count). The smallest absolute Gasteiger partial charge is 0.319 e. The highest BCUT2D eigenvalue weighted by atomic mass is 32.1. The summed E-state index contributed by atoms with van der Waals surface area (Å²) in [5.41, 5.74) is 4.04. The summed E-state index contributed by atoms with van der Waals surface area (Å²) >= 11 is 1.41. The van der Waals surface area contributed by atoms with Crippen molar-refractivity contribution in [1.82, 2.24) is 15.2 Å². The normalized spacial score (nSPS) is 19.2. The van der Waals surface area contributed by atoms with Crippen LogP contribution < -0.4 is 10.6 Å². The Bertz CT molecular complexity index is 1270. The summed E-state index contributed by atoms with van der Waals surface area (Å²) in [6, 6.07) is 15.4. The molecule has 33 heavy (non-hydrogen) atoms. The zero-order valence-corrected chi connectivity index (χ0v) is 19.3. The average molecular weight is 461 g/mol. The van der Waals surface area contributed by atoms with Crippen LogP contribution in [0.3, 0.4) is 0 Å². The van der Waals surface area contributed by atoms with Crippen LogP contribution in [-0.2, 0) is 28.0 Å². The molecule has 4 amide bonds. The van der Waals surface area contributed by atoms with E-state index in [1.165, 1.54) is 22.5 Å². The monoisotopic (exact) mass is 460 g/mol. The molecule has 0 radical (unpaired) electrons. The summed E-state index contributed by atoms with van der Waals surface area (Å²) in [5.74, 6) is -0.819. The molecule has 1 spiro atoms. The van der Waals surface area contributed by atoms with Crippen molar-refractivity contribution in [3.8, 4) is 0 Å². The Balaban J connectivity index is 1.27. The fourth-order valence-electron chi connectivity index (χ4n) is 4.57. The Morgan fingerprint density at radius 2 is 1.91 bits per heavy atom. The van der Waals surface area contributed by atoms with E-state index in [4.69, 9.17) is 0 Å². The molecule has 7 nitrogen and oxygen atoms in total. The summed E-state index contributed by atoms with van der Waals surface area (Å²) in [5, 5.41) is 6.07. The first-order valence-electron chi connectivity index (χ1n) is 10.9. The van der Waals surface area contributed by atoms with Gasteiger partial charge in [0.2, 0.25) is 5.91 Å². The number of anilines is 1. The molecule has 0 saturated carbocycles. The first-order chi connectivity index (χ1) is 15.9. The van der Waals surface area contributed by atoms with Gasteiger partial charge in [-0.2, -0.15) is 0 Å². The van der Waals surface area contributed by atoms with E-state index in [1.807, 2.05) is 38.1 Å². The Kier molecular flexibility index (Phi) is 5.25. The maximum atomic E-state index is 13.2. The van der Waals surface area contributed by atoms with Gasteiger partial charge >= 0.3 is 6.03 Å². The van der Waals surface area contributed by atoms with Crippen molar-refractivity contribution in [3.63, 3.8) is 0 Å². The first-order valence-corrected chi connectivity index (χ1v) is 11.7. The molecule has 1 atom stereocenters. The molecule has 1 saturated heterocycles. The minimum Gasteiger partial charge on any atom is -0.319 e. The molecule has 8 heteroatoms. The summed E-state index contributed by atoms with van der Waals surface area (Å²) in [6.07, 6.45) is 1.95. The number of hydrogen-bond donors (Lipinski definition) is 2. The second-order valence-corrected chi connectivity index (χ2v) is 9.71. The van der Waals surface area contributed by atoms with Crippen molar-refractivity contribution in [2.75, 3.05) is 11.9 Å². The van der Waals surface area contributed by atoms with E-state index in [0.717, 1.165) is 33.0 Å². The van der Waals surface area contributed by atoms with E-state index >= 15 is 0 Å². The Morgan fingerprint density at radius 1 is 1.15 bits per heavy atom. The number of rotatable bonds is 5. The maximum absolute atomic E-state index is 13.2. The second-order valence-electron chi connectivity index (χ2n) is 8.62. The van der Waals surface area contributed by atoms with Crippen molar-refractivity contribution >= 4 is 34.3 Å². The van der Waals surface area contributed by atoms with E-state index < -0.39 is 17.5 Å². The van der Waals surface area contributed by atoms with Gasteiger partial charge in [0.15, 0.2) is 5.13 Å². The number of aromatic nitrogens is 1. The van der Waals surface area contributed by atoms with Gasteiger partial charge in [-0.15, -0.1) is 11.3 Å². The van der Waals surface area contributed by atoms with Crippen molar-refractivity contribution in [1.29, 1.82) is 0 Å². The molecule has 0 bridgehead atoms. The van der Waals surface area contributed by atoms with Crippen LogP contribution in [0.15, 0.2) is 48.5 Å². The number of nitrogens with one attached hydrogen (secondary N) is 2. The fraction of sp³-hybridized carbons (Fsp3) is 0.280. The van der Waals surface area contributed by atoms with Gasteiger partial charge in [0.1, 0.15) is 12.1 Å². The van der Waals surface area contributed by atoms with E-state index in [1.54, 1.807) is 0 Å². The lowest BCUT2D eigenvalue weighted by atomic mass is 9.92. The van der Waals surface area contributed by atoms with Crippen LogP contribution in [-0.4, -0.2) is 34.3 Å². The van der Waals surface area contributed by atoms with Gasteiger partial charge in [-0.05, 0) is 43.4 Å². The first kappa shape index (κ1) is 21.3.